The van der Waals surface area contributed by atoms with Crippen LogP contribution in [0.25, 0.3) is 10.9 Å². The lowest BCUT2D eigenvalue weighted by molar-refractivity contribution is -0.155. The van der Waals surface area contributed by atoms with Crippen LogP contribution in [0.1, 0.15) is 46.9 Å². The molecule has 2 aromatic carbocycles. The van der Waals surface area contributed by atoms with Gasteiger partial charge < -0.3 is 33.4 Å². The van der Waals surface area contributed by atoms with Gasteiger partial charge in [-0.25, -0.2) is 4.79 Å². The molecule has 0 bridgehead atoms. The largest absolute Gasteiger partial charge is 0.497 e. The Kier molecular flexibility index (Phi) is 7.66. The van der Waals surface area contributed by atoms with E-state index < -0.39 is 12.1 Å². The molecule has 1 aliphatic carbocycles. The summed E-state index contributed by atoms with van der Waals surface area (Å²) in [5.74, 6) is 1.20. The van der Waals surface area contributed by atoms with E-state index >= 15 is 0 Å². The van der Waals surface area contributed by atoms with Gasteiger partial charge in [0.25, 0.3) is 0 Å². The van der Waals surface area contributed by atoms with E-state index in [2.05, 4.69) is 22.0 Å². The predicted molar refractivity (Wildman–Crippen MR) is 155 cm³/mol. The van der Waals surface area contributed by atoms with Gasteiger partial charge in [0.1, 0.15) is 11.9 Å². The molecule has 3 aromatic rings. The average Bonchev–Trinajstić information content (AvgIpc) is 3.40. The summed E-state index contributed by atoms with van der Waals surface area (Å²) >= 11 is 0. The Morgan fingerprint density at radius 2 is 1.67 bits per heavy atom. The molecular weight excluding hydrogens is 540 g/mol. The number of H-pyrrole nitrogens is 1. The van der Waals surface area contributed by atoms with E-state index in [9.17, 15) is 9.59 Å². The molecule has 0 unspecified atom stereocenters. The van der Waals surface area contributed by atoms with Crippen LogP contribution in [0.15, 0.2) is 30.3 Å². The standard InChI is InChI=1S/C32H38N2O8/c1-37-19-6-7-21-22-8-9-34-16-18-10-20(42-31(35)17-11-27(38-2)30(40-4)28(12-17)39-3)13-24(32(36)41-5)23(18)15-26(34)29(22)33-25(21)14-19/h6-7,11-12,14,18,20,23-24,26,33H,8-10,13,15-16H2,1-5H3/t18-,20-,23+,24-,26-/m1/s1. The predicted octanol–water partition coefficient (Wildman–Crippen LogP) is 4.55. The minimum Gasteiger partial charge on any atom is -0.497 e. The van der Waals surface area contributed by atoms with Crippen molar-refractivity contribution in [2.24, 2.45) is 17.8 Å². The van der Waals surface area contributed by atoms with Crippen molar-refractivity contribution in [3.63, 3.8) is 0 Å². The Labute approximate surface area is 245 Å². The van der Waals surface area contributed by atoms with Crippen molar-refractivity contribution in [3.8, 4) is 23.0 Å². The number of rotatable bonds is 7. The van der Waals surface area contributed by atoms with Gasteiger partial charge in [-0.2, -0.15) is 0 Å². The molecule has 1 saturated heterocycles. The molecule has 3 aliphatic rings. The van der Waals surface area contributed by atoms with Gasteiger partial charge in [-0.3, -0.25) is 9.69 Å². The lowest BCUT2D eigenvalue weighted by Gasteiger charge is -2.51. The highest BCUT2D eigenvalue weighted by atomic mass is 16.5. The molecule has 224 valence electrons. The topological polar surface area (TPSA) is 109 Å². The molecular formula is C32H38N2O8. The Morgan fingerprint density at radius 1 is 0.905 bits per heavy atom. The van der Waals surface area contributed by atoms with E-state index in [0.717, 1.165) is 37.2 Å². The van der Waals surface area contributed by atoms with E-state index in [1.165, 1.54) is 45.1 Å². The van der Waals surface area contributed by atoms with Crippen LogP contribution in [-0.2, 0) is 20.7 Å². The molecule has 1 saturated carbocycles. The minimum absolute atomic E-state index is 0.127. The van der Waals surface area contributed by atoms with Crippen LogP contribution >= 0.6 is 0 Å². The highest BCUT2D eigenvalue weighted by molar-refractivity contribution is 5.91. The van der Waals surface area contributed by atoms with E-state index in [4.69, 9.17) is 28.4 Å². The van der Waals surface area contributed by atoms with E-state index in [0.29, 0.717) is 35.7 Å². The van der Waals surface area contributed by atoms with Crippen LogP contribution in [0.4, 0.5) is 0 Å². The smallest absolute Gasteiger partial charge is 0.338 e. The maximum atomic E-state index is 13.3. The average molecular weight is 579 g/mol. The third-order valence-electron chi connectivity index (χ3n) is 9.42. The van der Waals surface area contributed by atoms with Gasteiger partial charge in [-0.15, -0.1) is 0 Å². The van der Waals surface area contributed by atoms with E-state index in [1.807, 2.05) is 6.07 Å². The number of carbonyl (C=O) groups is 2. The fourth-order valence-corrected chi connectivity index (χ4v) is 7.47. The molecule has 10 heteroatoms. The van der Waals surface area contributed by atoms with Crippen LogP contribution in [0, 0.1) is 17.8 Å². The SMILES string of the molecule is COC(=O)[C@@H]1C[C@H](OC(=O)c2cc(OC)c(OC)c(OC)c2)C[C@@H]2CN3CCc4c([nH]c5cc(OC)ccc45)[C@H]3C[C@@H]21. The molecule has 42 heavy (non-hydrogen) atoms. The normalized spacial score (nSPS) is 25.0. The van der Waals surface area contributed by atoms with Gasteiger partial charge in [0.15, 0.2) is 11.5 Å². The Balaban J connectivity index is 1.24. The quantitative estimate of drug-likeness (QED) is 0.404. The second-order valence-electron chi connectivity index (χ2n) is 11.4. The van der Waals surface area contributed by atoms with Crippen molar-refractivity contribution in [2.75, 3.05) is 48.6 Å². The fraction of sp³-hybridized carbons (Fsp3) is 0.500. The number of aromatic amines is 1. The zero-order chi connectivity index (χ0) is 29.5. The lowest BCUT2D eigenvalue weighted by Crippen LogP contribution is -2.52. The van der Waals surface area contributed by atoms with Crippen molar-refractivity contribution in [2.45, 2.75) is 37.8 Å². The van der Waals surface area contributed by atoms with Crippen LogP contribution in [0.3, 0.4) is 0 Å². The summed E-state index contributed by atoms with van der Waals surface area (Å²) in [5.41, 5.74) is 3.97. The number of nitrogens with one attached hydrogen (secondary N) is 1. The monoisotopic (exact) mass is 578 g/mol. The van der Waals surface area contributed by atoms with Gasteiger partial charge in [0.05, 0.1) is 53.1 Å². The molecule has 0 spiro atoms. The first-order chi connectivity index (χ1) is 20.4. The Hall–Kier alpha value is -3.92. The minimum atomic E-state index is -0.494. The number of ether oxygens (including phenoxy) is 6. The molecule has 0 radical (unpaired) electrons. The maximum absolute atomic E-state index is 13.3. The third kappa shape index (κ3) is 4.81. The van der Waals surface area contributed by atoms with Crippen LogP contribution in [0.2, 0.25) is 0 Å². The van der Waals surface area contributed by atoms with Crippen LogP contribution in [-0.4, -0.2) is 76.6 Å². The number of hydrogen-bond acceptors (Lipinski definition) is 9. The molecule has 2 aliphatic heterocycles. The number of esters is 2. The van der Waals surface area contributed by atoms with Gasteiger partial charge in [0.2, 0.25) is 5.75 Å². The van der Waals surface area contributed by atoms with Crippen LogP contribution in [0.5, 0.6) is 23.0 Å². The number of fused-ring (bicyclic) bond motifs is 6. The Morgan fingerprint density at radius 3 is 2.33 bits per heavy atom. The molecule has 1 aromatic heterocycles. The first-order valence-corrected chi connectivity index (χ1v) is 14.4. The number of methoxy groups -OCH3 is 5. The van der Waals surface area contributed by atoms with Crippen molar-refractivity contribution in [3.05, 3.63) is 47.2 Å². The van der Waals surface area contributed by atoms with E-state index in [-0.39, 0.29) is 29.8 Å². The molecule has 5 atom stereocenters. The summed E-state index contributed by atoms with van der Waals surface area (Å²) in [7, 11) is 7.62. The van der Waals surface area contributed by atoms with Gasteiger partial charge in [0, 0.05) is 35.8 Å². The first kappa shape index (κ1) is 28.2. The molecule has 10 nitrogen and oxygen atoms in total. The highest BCUT2D eigenvalue weighted by Crippen LogP contribution is 2.50. The Bertz CT molecular complexity index is 1470. The van der Waals surface area contributed by atoms with Crippen molar-refractivity contribution >= 4 is 22.8 Å². The maximum Gasteiger partial charge on any atom is 0.338 e. The molecule has 3 heterocycles. The molecule has 2 fully saturated rings. The first-order valence-electron chi connectivity index (χ1n) is 14.4. The number of piperidine rings is 1. The third-order valence-corrected chi connectivity index (χ3v) is 9.42. The van der Waals surface area contributed by atoms with Crippen molar-refractivity contribution in [1.29, 1.82) is 0 Å². The summed E-state index contributed by atoms with van der Waals surface area (Å²) in [6.45, 7) is 1.78. The summed E-state index contributed by atoms with van der Waals surface area (Å²) in [5, 5.41) is 1.24. The number of aromatic nitrogens is 1. The van der Waals surface area contributed by atoms with Gasteiger partial charge in [-0.05, 0) is 67.3 Å². The number of nitrogens with zero attached hydrogens (tertiary/aromatic N) is 1. The number of hydrogen-bond donors (Lipinski definition) is 1. The molecule has 0 amide bonds. The second kappa shape index (κ2) is 11.4. The highest BCUT2D eigenvalue weighted by Gasteiger charge is 2.49. The number of carbonyl (C=O) groups excluding carboxylic acids is 2. The van der Waals surface area contributed by atoms with Gasteiger partial charge in [-0.1, -0.05) is 0 Å². The summed E-state index contributed by atoms with van der Waals surface area (Å²) < 4.78 is 33.0. The summed E-state index contributed by atoms with van der Waals surface area (Å²) in [4.78, 5) is 32.7. The molecule has 6 rings (SSSR count). The van der Waals surface area contributed by atoms with Crippen LogP contribution < -0.4 is 18.9 Å². The fourth-order valence-electron chi connectivity index (χ4n) is 7.47. The zero-order valence-electron chi connectivity index (χ0n) is 24.7. The van der Waals surface area contributed by atoms with Crippen molar-refractivity contribution < 1.29 is 38.0 Å². The zero-order valence-corrected chi connectivity index (χ0v) is 24.7. The summed E-state index contributed by atoms with van der Waals surface area (Å²) in [6.07, 6.45) is 2.49. The van der Waals surface area contributed by atoms with Gasteiger partial charge >= 0.3 is 11.9 Å². The van der Waals surface area contributed by atoms with E-state index in [1.54, 1.807) is 19.2 Å². The van der Waals surface area contributed by atoms with Crippen molar-refractivity contribution in [1.82, 2.24) is 9.88 Å². The molecule has 1 N–H and O–H groups in total. The summed E-state index contributed by atoms with van der Waals surface area (Å²) in [6, 6.07) is 9.55. The lowest BCUT2D eigenvalue weighted by atomic mass is 9.65. The second-order valence-corrected chi connectivity index (χ2v) is 11.4. The number of benzene rings is 2.